The van der Waals surface area contributed by atoms with Crippen LogP contribution in [0.4, 0.5) is 5.69 Å². The molecule has 17 heavy (non-hydrogen) atoms. The third-order valence-corrected chi connectivity index (χ3v) is 3.01. The third kappa shape index (κ3) is 3.63. The molecule has 0 bridgehead atoms. The Labute approximate surface area is 107 Å². The second kappa shape index (κ2) is 6.50. The Morgan fingerprint density at radius 1 is 1.41 bits per heavy atom. The monoisotopic (exact) mass is 255 g/mol. The lowest BCUT2D eigenvalue weighted by Gasteiger charge is -2.15. The van der Waals surface area contributed by atoms with Crippen LogP contribution in [0.2, 0.25) is 5.02 Å². The van der Waals surface area contributed by atoms with Gasteiger partial charge in [-0.2, -0.15) is 0 Å². The van der Waals surface area contributed by atoms with Gasteiger partial charge in [-0.3, -0.25) is 4.79 Å². The summed E-state index contributed by atoms with van der Waals surface area (Å²) in [7, 11) is 1.57. The van der Waals surface area contributed by atoms with Gasteiger partial charge in [0, 0.05) is 10.9 Å². The summed E-state index contributed by atoms with van der Waals surface area (Å²) >= 11 is 5.90. The van der Waals surface area contributed by atoms with Crippen LogP contribution in [0, 0.1) is 5.92 Å². The van der Waals surface area contributed by atoms with E-state index in [4.69, 9.17) is 16.3 Å². The highest BCUT2D eigenvalue weighted by atomic mass is 35.5. The van der Waals surface area contributed by atoms with E-state index in [-0.39, 0.29) is 11.8 Å². The van der Waals surface area contributed by atoms with E-state index in [2.05, 4.69) is 5.32 Å². The molecule has 1 aromatic rings. The van der Waals surface area contributed by atoms with Gasteiger partial charge in [-0.1, -0.05) is 25.4 Å². The zero-order chi connectivity index (χ0) is 12.8. The van der Waals surface area contributed by atoms with Gasteiger partial charge >= 0.3 is 0 Å². The quantitative estimate of drug-likeness (QED) is 0.871. The minimum Gasteiger partial charge on any atom is -0.495 e. The third-order valence-electron chi connectivity index (χ3n) is 2.78. The molecule has 0 fully saturated rings. The zero-order valence-corrected chi connectivity index (χ0v) is 11.2. The SMILES string of the molecule is CCC(CC)C(=O)Nc1cc(Cl)ccc1OC. The Morgan fingerprint density at radius 3 is 2.59 bits per heavy atom. The van der Waals surface area contributed by atoms with Gasteiger partial charge in [-0.15, -0.1) is 0 Å². The molecule has 0 aliphatic rings. The van der Waals surface area contributed by atoms with E-state index in [0.717, 1.165) is 12.8 Å². The first-order valence-electron chi connectivity index (χ1n) is 5.76. The van der Waals surface area contributed by atoms with Gasteiger partial charge in [0.1, 0.15) is 5.75 Å². The lowest BCUT2D eigenvalue weighted by atomic mass is 10.0. The molecular weight excluding hydrogens is 238 g/mol. The summed E-state index contributed by atoms with van der Waals surface area (Å²) in [5, 5.41) is 3.43. The van der Waals surface area contributed by atoms with Gasteiger partial charge in [0.15, 0.2) is 0 Å². The van der Waals surface area contributed by atoms with Crippen molar-refractivity contribution in [1.82, 2.24) is 0 Å². The predicted molar refractivity (Wildman–Crippen MR) is 70.7 cm³/mol. The van der Waals surface area contributed by atoms with Gasteiger partial charge < -0.3 is 10.1 Å². The molecular formula is C13H18ClNO2. The van der Waals surface area contributed by atoms with Crippen molar-refractivity contribution in [2.75, 3.05) is 12.4 Å². The van der Waals surface area contributed by atoms with Crippen LogP contribution in [-0.2, 0) is 4.79 Å². The number of carbonyl (C=O) groups is 1. The van der Waals surface area contributed by atoms with Gasteiger partial charge in [-0.05, 0) is 31.0 Å². The topological polar surface area (TPSA) is 38.3 Å². The van der Waals surface area contributed by atoms with Crippen LogP contribution in [0.15, 0.2) is 18.2 Å². The first-order valence-corrected chi connectivity index (χ1v) is 6.14. The fraction of sp³-hybridized carbons (Fsp3) is 0.462. The van der Waals surface area contributed by atoms with Crippen molar-refractivity contribution in [2.24, 2.45) is 5.92 Å². The highest BCUT2D eigenvalue weighted by Gasteiger charge is 2.16. The number of halogens is 1. The summed E-state index contributed by atoms with van der Waals surface area (Å²) in [4.78, 5) is 11.9. The molecule has 1 amide bonds. The minimum atomic E-state index is 0.00978. The normalized spacial score (nSPS) is 10.4. The molecule has 0 aliphatic carbocycles. The second-order valence-electron chi connectivity index (χ2n) is 3.85. The molecule has 0 aliphatic heterocycles. The molecule has 0 saturated heterocycles. The Morgan fingerprint density at radius 2 is 2.06 bits per heavy atom. The average Bonchev–Trinajstić information content (AvgIpc) is 2.31. The van der Waals surface area contributed by atoms with E-state index in [1.54, 1.807) is 25.3 Å². The molecule has 94 valence electrons. The molecule has 4 heteroatoms. The van der Waals surface area contributed by atoms with Crippen molar-refractivity contribution in [1.29, 1.82) is 0 Å². The van der Waals surface area contributed by atoms with Crippen molar-refractivity contribution in [2.45, 2.75) is 26.7 Å². The van der Waals surface area contributed by atoms with E-state index < -0.39 is 0 Å². The van der Waals surface area contributed by atoms with E-state index >= 15 is 0 Å². The number of hydrogen-bond donors (Lipinski definition) is 1. The van der Waals surface area contributed by atoms with Gasteiger partial charge in [-0.25, -0.2) is 0 Å². The number of ether oxygens (including phenoxy) is 1. The highest BCUT2D eigenvalue weighted by molar-refractivity contribution is 6.31. The first-order chi connectivity index (χ1) is 8.12. The first kappa shape index (κ1) is 13.8. The number of hydrogen-bond acceptors (Lipinski definition) is 2. The molecule has 0 spiro atoms. The molecule has 1 aromatic carbocycles. The van der Waals surface area contributed by atoms with Gasteiger partial charge in [0.2, 0.25) is 5.91 Å². The number of methoxy groups -OCH3 is 1. The van der Waals surface area contributed by atoms with Crippen molar-refractivity contribution in [3.8, 4) is 5.75 Å². The van der Waals surface area contributed by atoms with E-state index in [9.17, 15) is 4.79 Å². The average molecular weight is 256 g/mol. The number of anilines is 1. The maximum absolute atomic E-state index is 11.9. The number of benzene rings is 1. The maximum Gasteiger partial charge on any atom is 0.227 e. The fourth-order valence-electron chi connectivity index (χ4n) is 1.67. The summed E-state index contributed by atoms with van der Waals surface area (Å²) < 4.78 is 5.17. The van der Waals surface area contributed by atoms with Crippen LogP contribution in [0.1, 0.15) is 26.7 Å². The summed E-state index contributed by atoms with van der Waals surface area (Å²) in [5.74, 6) is 0.656. The smallest absolute Gasteiger partial charge is 0.227 e. The molecule has 1 rings (SSSR count). The maximum atomic E-state index is 11.9. The molecule has 0 heterocycles. The molecule has 0 unspecified atom stereocenters. The Balaban J connectivity index is 2.86. The van der Waals surface area contributed by atoms with Crippen LogP contribution >= 0.6 is 11.6 Å². The summed E-state index contributed by atoms with van der Waals surface area (Å²) in [6.45, 7) is 4.01. The predicted octanol–water partition coefficient (Wildman–Crippen LogP) is 3.72. The number of carbonyl (C=O) groups excluding carboxylic acids is 1. The molecule has 0 aromatic heterocycles. The van der Waals surface area contributed by atoms with E-state index in [1.807, 2.05) is 13.8 Å². The van der Waals surface area contributed by atoms with Crippen LogP contribution in [0.25, 0.3) is 0 Å². The Kier molecular flexibility index (Phi) is 5.29. The highest BCUT2D eigenvalue weighted by Crippen LogP contribution is 2.28. The van der Waals surface area contributed by atoms with Crippen molar-refractivity contribution in [3.05, 3.63) is 23.2 Å². The fourth-order valence-corrected chi connectivity index (χ4v) is 1.84. The number of amides is 1. The molecule has 3 nitrogen and oxygen atoms in total. The number of rotatable bonds is 5. The Hall–Kier alpha value is -1.22. The van der Waals surface area contributed by atoms with Crippen LogP contribution in [0.3, 0.4) is 0 Å². The van der Waals surface area contributed by atoms with Crippen LogP contribution < -0.4 is 10.1 Å². The minimum absolute atomic E-state index is 0.00978. The van der Waals surface area contributed by atoms with Crippen molar-refractivity contribution in [3.63, 3.8) is 0 Å². The lowest BCUT2D eigenvalue weighted by molar-refractivity contribution is -0.120. The largest absolute Gasteiger partial charge is 0.495 e. The summed E-state index contributed by atoms with van der Waals surface area (Å²) in [6.07, 6.45) is 1.65. The van der Waals surface area contributed by atoms with Crippen molar-refractivity contribution >= 4 is 23.2 Å². The van der Waals surface area contributed by atoms with Gasteiger partial charge in [0.25, 0.3) is 0 Å². The molecule has 0 radical (unpaired) electrons. The lowest BCUT2D eigenvalue weighted by Crippen LogP contribution is -2.21. The van der Waals surface area contributed by atoms with Crippen molar-refractivity contribution < 1.29 is 9.53 Å². The van der Waals surface area contributed by atoms with Crippen LogP contribution in [-0.4, -0.2) is 13.0 Å². The van der Waals surface area contributed by atoms with Crippen LogP contribution in [0.5, 0.6) is 5.75 Å². The molecule has 0 atom stereocenters. The summed E-state index contributed by atoms with van der Waals surface area (Å²) in [6, 6.07) is 5.17. The van der Waals surface area contributed by atoms with E-state index in [1.165, 1.54) is 0 Å². The Bertz CT molecular complexity index is 389. The van der Waals surface area contributed by atoms with Gasteiger partial charge in [0.05, 0.1) is 12.8 Å². The standard InChI is InChI=1S/C13H18ClNO2/c1-4-9(5-2)13(16)15-11-8-10(14)6-7-12(11)17-3/h6-9H,4-5H2,1-3H3,(H,15,16). The molecule has 0 saturated carbocycles. The number of nitrogens with one attached hydrogen (secondary N) is 1. The molecule has 1 N–H and O–H groups in total. The van der Waals surface area contributed by atoms with E-state index in [0.29, 0.717) is 16.5 Å². The summed E-state index contributed by atoms with van der Waals surface area (Å²) in [5.41, 5.74) is 0.622. The second-order valence-corrected chi connectivity index (χ2v) is 4.28. The zero-order valence-electron chi connectivity index (χ0n) is 10.4.